The highest BCUT2D eigenvalue weighted by Crippen LogP contribution is 2.02. The van der Waals surface area contributed by atoms with E-state index in [0.717, 1.165) is 18.5 Å². The van der Waals surface area contributed by atoms with Crippen LogP contribution in [0.15, 0.2) is 0 Å². The van der Waals surface area contributed by atoms with Gasteiger partial charge >= 0.3 is 12.0 Å². The van der Waals surface area contributed by atoms with E-state index < -0.39 is 12.0 Å². The molecule has 2 amide bonds. The molecule has 0 bridgehead atoms. The van der Waals surface area contributed by atoms with Crippen LogP contribution in [0.25, 0.3) is 0 Å². The maximum absolute atomic E-state index is 11.5. The van der Waals surface area contributed by atoms with Gasteiger partial charge in [-0.25, -0.2) is 9.78 Å². The number of carbonyl (C=O) groups excluding carboxylic acids is 1. The summed E-state index contributed by atoms with van der Waals surface area (Å²) in [4.78, 5) is 25.9. The zero-order valence-corrected chi connectivity index (χ0v) is 11.6. The van der Waals surface area contributed by atoms with E-state index >= 15 is 0 Å². The van der Waals surface area contributed by atoms with Crippen molar-refractivity contribution in [3.05, 3.63) is 11.4 Å². The van der Waals surface area contributed by atoms with Crippen LogP contribution in [0.5, 0.6) is 0 Å². The lowest BCUT2D eigenvalue weighted by molar-refractivity contribution is -0.137. The maximum Gasteiger partial charge on any atom is 0.321 e. The Morgan fingerprint density at radius 3 is 2.50 bits per heavy atom. The monoisotopic (exact) mass is 281 g/mol. The number of unbranched alkanes of at least 4 members (excludes halogenated alkanes) is 2. The fourth-order valence-electron chi connectivity index (χ4n) is 1.44. The minimum Gasteiger partial charge on any atom is -0.481 e. The van der Waals surface area contributed by atoms with E-state index in [4.69, 9.17) is 5.11 Å². The van der Waals surface area contributed by atoms with Crippen molar-refractivity contribution in [2.45, 2.75) is 39.5 Å². The predicted molar refractivity (Wildman–Crippen MR) is 72.4 cm³/mol. The van der Waals surface area contributed by atoms with E-state index in [1.54, 1.807) is 13.8 Å². The van der Waals surface area contributed by atoms with Crippen molar-refractivity contribution in [3.8, 4) is 0 Å². The molecule has 0 atom stereocenters. The Kier molecular flexibility index (Phi) is 6.34. The molecule has 3 N–H and O–H groups in total. The minimum absolute atomic E-state index is 0.161. The molecule has 0 radical (unpaired) electrons. The summed E-state index contributed by atoms with van der Waals surface area (Å²) in [6.45, 7) is 4.05. The van der Waals surface area contributed by atoms with Gasteiger partial charge in [0.2, 0.25) is 0 Å². The van der Waals surface area contributed by atoms with E-state index in [1.807, 2.05) is 0 Å². The number of rotatable bonds is 7. The summed E-state index contributed by atoms with van der Waals surface area (Å²) in [5.74, 6) is -0.633. The molecule has 0 aromatic carbocycles. The standard InChI is InChI=1S/C12H19N5O3/c1-8-9(2)16-17-11(14-8)15-12(20)13-7-5-3-4-6-10(18)19/h3-7H2,1-2H3,(H,18,19)(H2,13,14,15,17,20). The molecule has 8 nitrogen and oxygen atoms in total. The SMILES string of the molecule is Cc1nnc(NC(=O)NCCCCCC(=O)O)nc1C. The number of aliphatic carboxylic acids is 1. The molecular weight excluding hydrogens is 262 g/mol. The van der Waals surface area contributed by atoms with Gasteiger partial charge in [0, 0.05) is 13.0 Å². The zero-order valence-electron chi connectivity index (χ0n) is 11.6. The summed E-state index contributed by atoms with van der Waals surface area (Å²) in [7, 11) is 0. The van der Waals surface area contributed by atoms with Gasteiger partial charge in [0.15, 0.2) is 0 Å². The Morgan fingerprint density at radius 2 is 1.85 bits per heavy atom. The number of nitrogens with one attached hydrogen (secondary N) is 2. The molecule has 1 aromatic rings. The third kappa shape index (κ3) is 6.07. The van der Waals surface area contributed by atoms with Gasteiger partial charge in [-0.1, -0.05) is 6.42 Å². The third-order valence-corrected chi connectivity index (χ3v) is 2.67. The highest BCUT2D eigenvalue weighted by atomic mass is 16.4. The molecular formula is C12H19N5O3. The Hall–Kier alpha value is -2.25. The van der Waals surface area contributed by atoms with Gasteiger partial charge in [-0.3, -0.25) is 10.1 Å². The zero-order chi connectivity index (χ0) is 15.0. The minimum atomic E-state index is -0.796. The molecule has 0 aliphatic heterocycles. The van der Waals surface area contributed by atoms with Crippen LogP contribution in [-0.4, -0.2) is 38.8 Å². The average molecular weight is 281 g/mol. The van der Waals surface area contributed by atoms with Gasteiger partial charge in [-0.15, -0.1) is 5.10 Å². The Bertz CT molecular complexity index is 478. The topological polar surface area (TPSA) is 117 Å². The summed E-state index contributed by atoms with van der Waals surface area (Å²) in [5, 5.41) is 21.2. The van der Waals surface area contributed by atoms with Crippen LogP contribution in [0, 0.1) is 13.8 Å². The number of hydrogen-bond acceptors (Lipinski definition) is 5. The summed E-state index contributed by atoms with van der Waals surface area (Å²) < 4.78 is 0. The second kappa shape index (κ2) is 8.03. The first-order valence-electron chi connectivity index (χ1n) is 6.43. The molecule has 0 saturated heterocycles. The second-order valence-corrected chi connectivity index (χ2v) is 4.39. The van der Waals surface area contributed by atoms with Gasteiger partial charge < -0.3 is 10.4 Å². The van der Waals surface area contributed by atoms with Gasteiger partial charge in [0.25, 0.3) is 5.95 Å². The lowest BCUT2D eigenvalue weighted by Crippen LogP contribution is -2.30. The van der Waals surface area contributed by atoms with Gasteiger partial charge in [-0.05, 0) is 26.7 Å². The third-order valence-electron chi connectivity index (χ3n) is 2.67. The molecule has 110 valence electrons. The fraction of sp³-hybridized carbons (Fsp3) is 0.583. The van der Waals surface area contributed by atoms with Crippen molar-refractivity contribution in [2.75, 3.05) is 11.9 Å². The highest BCUT2D eigenvalue weighted by Gasteiger charge is 2.05. The normalized spacial score (nSPS) is 10.1. The molecule has 1 heterocycles. The largest absolute Gasteiger partial charge is 0.481 e. The molecule has 20 heavy (non-hydrogen) atoms. The van der Waals surface area contributed by atoms with Crippen molar-refractivity contribution in [3.63, 3.8) is 0 Å². The van der Waals surface area contributed by atoms with E-state index in [0.29, 0.717) is 18.7 Å². The van der Waals surface area contributed by atoms with Crippen LogP contribution in [0.3, 0.4) is 0 Å². The van der Waals surface area contributed by atoms with Crippen LogP contribution in [-0.2, 0) is 4.79 Å². The Balaban J connectivity index is 2.20. The van der Waals surface area contributed by atoms with Crippen molar-refractivity contribution >= 4 is 17.9 Å². The Labute approximate surface area is 117 Å². The molecule has 1 aromatic heterocycles. The number of hydrogen-bond donors (Lipinski definition) is 3. The summed E-state index contributed by atoms with van der Waals surface area (Å²) >= 11 is 0. The van der Waals surface area contributed by atoms with Gasteiger partial charge in [0.05, 0.1) is 11.4 Å². The van der Waals surface area contributed by atoms with Gasteiger partial charge in [0.1, 0.15) is 0 Å². The first-order valence-corrected chi connectivity index (χ1v) is 6.43. The quantitative estimate of drug-likeness (QED) is 0.647. The van der Waals surface area contributed by atoms with E-state index in [2.05, 4.69) is 25.8 Å². The van der Waals surface area contributed by atoms with Crippen molar-refractivity contribution < 1.29 is 14.7 Å². The molecule has 0 spiro atoms. The number of carbonyl (C=O) groups is 2. The van der Waals surface area contributed by atoms with Crippen LogP contribution in [0.1, 0.15) is 37.1 Å². The van der Waals surface area contributed by atoms with Crippen LogP contribution in [0.4, 0.5) is 10.7 Å². The number of anilines is 1. The van der Waals surface area contributed by atoms with Crippen LogP contribution < -0.4 is 10.6 Å². The van der Waals surface area contributed by atoms with Crippen LogP contribution >= 0.6 is 0 Å². The molecule has 0 aliphatic rings. The summed E-state index contributed by atoms with van der Waals surface area (Å²) in [6.07, 6.45) is 2.26. The second-order valence-electron chi connectivity index (χ2n) is 4.39. The van der Waals surface area contributed by atoms with E-state index in [9.17, 15) is 9.59 Å². The number of carboxylic acids is 1. The number of urea groups is 1. The van der Waals surface area contributed by atoms with Crippen molar-refractivity contribution in [1.29, 1.82) is 0 Å². The molecule has 0 unspecified atom stereocenters. The van der Waals surface area contributed by atoms with E-state index in [1.165, 1.54) is 0 Å². The van der Waals surface area contributed by atoms with Crippen molar-refractivity contribution in [2.24, 2.45) is 0 Å². The fourth-order valence-corrected chi connectivity index (χ4v) is 1.44. The van der Waals surface area contributed by atoms with Gasteiger partial charge in [-0.2, -0.15) is 5.10 Å². The van der Waals surface area contributed by atoms with Crippen molar-refractivity contribution in [1.82, 2.24) is 20.5 Å². The molecule has 1 rings (SSSR count). The average Bonchev–Trinajstić information content (AvgIpc) is 2.38. The molecule has 0 aliphatic carbocycles. The molecule has 0 fully saturated rings. The lowest BCUT2D eigenvalue weighted by atomic mass is 10.2. The predicted octanol–water partition coefficient (Wildman–Crippen LogP) is 1.25. The number of amides is 2. The number of aromatic nitrogens is 3. The number of aryl methyl sites for hydroxylation is 2. The van der Waals surface area contributed by atoms with Crippen LogP contribution in [0.2, 0.25) is 0 Å². The first kappa shape index (κ1) is 15.8. The molecule has 8 heteroatoms. The smallest absolute Gasteiger partial charge is 0.321 e. The highest BCUT2D eigenvalue weighted by molar-refractivity contribution is 5.87. The Morgan fingerprint density at radius 1 is 1.10 bits per heavy atom. The summed E-state index contributed by atoms with van der Waals surface area (Å²) in [6, 6.07) is -0.395. The number of nitrogens with zero attached hydrogens (tertiary/aromatic N) is 3. The molecule has 0 saturated carbocycles. The summed E-state index contributed by atoms with van der Waals surface area (Å²) in [5.41, 5.74) is 1.43. The lowest BCUT2D eigenvalue weighted by Gasteiger charge is -2.06. The first-order chi connectivity index (χ1) is 9.49. The maximum atomic E-state index is 11.5. The van der Waals surface area contributed by atoms with E-state index in [-0.39, 0.29) is 12.4 Å². The number of carboxylic acid groups (broad SMARTS) is 1.